The first-order chi connectivity index (χ1) is 11.6. The van der Waals surface area contributed by atoms with Gasteiger partial charge in [0.05, 0.1) is 6.54 Å². The largest absolute Gasteiger partial charge is 0.353 e. The van der Waals surface area contributed by atoms with Crippen LogP contribution in [0.4, 0.5) is 0 Å². The molecule has 3 rings (SSSR count). The molecule has 2 aromatic rings. The second kappa shape index (κ2) is 8.58. The molecule has 25 heavy (non-hydrogen) atoms. The Bertz CT molecular complexity index is 738. The highest BCUT2D eigenvalue weighted by molar-refractivity contribution is 5.85. The minimum Gasteiger partial charge on any atom is -0.353 e. The van der Waals surface area contributed by atoms with E-state index in [2.05, 4.69) is 20.4 Å². The van der Waals surface area contributed by atoms with Crippen LogP contribution in [-0.4, -0.2) is 31.5 Å². The molecule has 0 spiro atoms. The SMILES string of the molecule is Cc1nc2nc(CN)nn2c(C)c1CCC(=O)NC1CCCCC1.Cl. The summed E-state index contributed by atoms with van der Waals surface area (Å²) in [4.78, 5) is 21.0. The monoisotopic (exact) mass is 366 g/mol. The molecule has 7 nitrogen and oxygen atoms in total. The van der Waals surface area contributed by atoms with Gasteiger partial charge in [0.25, 0.3) is 5.78 Å². The molecule has 1 amide bonds. The molecule has 1 aliphatic rings. The van der Waals surface area contributed by atoms with E-state index in [1.54, 1.807) is 4.52 Å². The van der Waals surface area contributed by atoms with Gasteiger partial charge in [-0.1, -0.05) is 19.3 Å². The van der Waals surface area contributed by atoms with Crippen LogP contribution in [0.2, 0.25) is 0 Å². The Balaban J connectivity index is 0.00000225. The van der Waals surface area contributed by atoms with E-state index >= 15 is 0 Å². The van der Waals surface area contributed by atoms with Gasteiger partial charge >= 0.3 is 0 Å². The lowest BCUT2D eigenvalue weighted by Gasteiger charge is -2.22. The first-order valence-corrected chi connectivity index (χ1v) is 8.79. The Morgan fingerprint density at radius 3 is 2.64 bits per heavy atom. The van der Waals surface area contributed by atoms with Gasteiger partial charge in [0, 0.05) is 23.9 Å². The normalized spacial score (nSPS) is 15.2. The predicted octanol–water partition coefficient (Wildman–Crippen LogP) is 2.00. The van der Waals surface area contributed by atoms with Gasteiger partial charge in [-0.3, -0.25) is 4.79 Å². The van der Waals surface area contributed by atoms with Crippen molar-refractivity contribution in [1.29, 1.82) is 0 Å². The van der Waals surface area contributed by atoms with Gasteiger partial charge < -0.3 is 11.1 Å². The molecule has 0 saturated heterocycles. The fourth-order valence-electron chi connectivity index (χ4n) is 3.48. The van der Waals surface area contributed by atoms with Gasteiger partial charge in [-0.05, 0) is 38.7 Å². The average Bonchev–Trinajstić information content (AvgIpc) is 2.99. The zero-order chi connectivity index (χ0) is 17.1. The molecule has 1 fully saturated rings. The van der Waals surface area contributed by atoms with Crippen molar-refractivity contribution in [3.63, 3.8) is 0 Å². The van der Waals surface area contributed by atoms with Crippen LogP contribution in [0.1, 0.15) is 61.3 Å². The number of aromatic nitrogens is 4. The molecule has 138 valence electrons. The molecule has 8 heteroatoms. The lowest BCUT2D eigenvalue weighted by atomic mass is 9.95. The van der Waals surface area contributed by atoms with E-state index < -0.39 is 0 Å². The Kier molecular flexibility index (Phi) is 6.72. The minimum absolute atomic E-state index is 0. The molecular formula is C17H27ClN6O. The number of rotatable bonds is 5. The van der Waals surface area contributed by atoms with Gasteiger partial charge in [-0.15, -0.1) is 17.5 Å². The zero-order valence-electron chi connectivity index (χ0n) is 14.9. The van der Waals surface area contributed by atoms with Crippen LogP contribution >= 0.6 is 12.4 Å². The maximum Gasteiger partial charge on any atom is 0.252 e. The molecule has 3 N–H and O–H groups in total. The number of amides is 1. The Morgan fingerprint density at radius 2 is 1.96 bits per heavy atom. The molecule has 1 aliphatic carbocycles. The van der Waals surface area contributed by atoms with Crippen LogP contribution in [-0.2, 0) is 17.8 Å². The summed E-state index contributed by atoms with van der Waals surface area (Å²) in [5.41, 5.74) is 8.56. The number of aryl methyl sites for hydroxylation is 2. The fourth-order valence-corrected chi connectivity index (χ4v) is 3.48. The van der Waals surface area contributed by atoms with Crippen molar-refractivity contribution in [2.75, 3.05) is 0 Å². The standard InChI is InChI=1S/C17H26N6O.ClH/c1-11-14(8-9-16(24)20-13-6-4-3-5-7-13)12(2)23-17(19-11)21-15(10-18)22-23;/h13H,3-10,18H2,1-2H3,(H,20,24);1H. The maximum absolute atomic E-state index is 12.2. The summed E-state index contributed by atoms with van der Waals surface area (Å²) in [5.74, 6) is 1.28. The van der Waals surface area contributed by atoms with E-state index in [1.165, 1.54) is 19.3 Å². The molecule has 0 radical (unpaired) electrons. The summed E-state index contributed by atoms with van der Waals surface area (Å²) >= 11 is 0. The number of fused-ring (bicyclic) bond motifs is 1. The van der Waals surface area contributed by atoms with Crippen molar-refractivity contribution in [2.24, 2.45) is 5.73 Å². The van der Waals surface area contributed by atoms with Crippen LogP contribution < -0.4 is 11.1 Å². The predicted molar refractivity (Wildman–Crippen MR) is 98.7 cm³/mol. The van der Waals surface area contributed by atoms with Crippen LogP contribution in [0.15, 0.2) is 0 Å². The van der Waals surface area contributed by atoms with E-state index in [-0.39, 0.29) is 18.3 Å². The highest BCUT2D eigenvalue weighted by Crippen LogP contribution is 2.18. The van der Waals surface area contributed by atoms with Crippen LogP contribution in [0.5, 0.6) is 0 Å². The summed E-state index contributed by atoms with van der Waals surface area (Å²) in [5, 5.41) is 7.54. The molecule has 0 unspecified atom stereocenters. The van der Waals surface area contributed by atoms with Gasteiger partial charge in [0.15, 0.2) is 5.82 Å². The van der Waals surface area contributed by atoms with Crippen molar-refractivity contribution in [1.82, 2.24) is 24.9 Å². The summed E-state index contributed by atoms with van der Waals surface area (Å²) in [6.07, 6.45) is 7.09. The van der Waals surface area contributed by atoms with E-state index in [9.17, 15) is 4.79 Å². The van der Waals surface area contributed by atoms with Crippen molar-refractivity contribution < 1.29 is 4.79 Å². The van der Waals surface area contributed by atoms with Crippen LogP contribution in [0, 0.1) is 13.8 Å². The molecule has 0 atom stereocenters. The van der Waals surface area contributed by atoms with Gasteiger partial charge in [-0.25, -0.2) is 9.50 Å². The summed E-state index contributed by atoms with van der Waals surface area (Å²) < 4.78 is 1.73. The quantitative estimate of drug-likeness (QED) is 0.843. The number of nitrogens with zero attached hydrogens (tertiary/aromatic N) is 4. The zero-order valence-corrected chi connectivity index (χ0v) is 15.7. The number of carbonyl (C=O) groups excluding carboxylic acids is 1. The number of halogens is 1. The number of hydrogen-bond donors (Lipinski definition) is 2. The van der Waals surface area contributed by atoms with Crippen molar-refractivity contribution in [2.45, 2.75) is 71.4 Å². The third kappa shape index (κ3) is 4.46. The number of carbonyl (C=O) groups is 1. The van der Waals surface area contributed by atoms with Crippen LogP contribution in [0.25, 0.3) is 5.78 Å². The first kappa shape index (κ1) is 19.6. The highest BCUT2D eigenvalue weighted by Gasteiger charge is 2.17. The van der Waals surface area contributed by atoms with Crippen molar-refractivity contribution >= 4 is 24.1 Å². The van der Waals surface area contributed by atoms with Crippen LogP contribution in [0.3, 0.4) is 0 Å². The second-order valence-electron chi connectivity index (χ2n) is 6.61. The summed E-state index contributed by atoms with van der Waals surface area (Å²) in [6.45, 7) is 4.24. The minimum atomic E-state index is 0. The summed E-state index contributed by atoms with van der Waals surface area (Å²) in [7, 11) is 0. The van der Waals surface area contributed by atoms with Gasteiger partial charge in [-0.2, -0.15) is 4.98 Å². The lowest BCUT2D eigenvalue weighted by molar-refractivity contribution is -0.121. The Morgan fingerprint density at radius 1 is 1.24 bits per heavy atom. The second-order valence-corrected chi connectivity index (χ2v) is 6.61. The number of hydrogen-bond acceptors (Lipinski definition) is 5. The van der Waals surface area contributed by atoms with Crippen molar-refractivity contribution in [3.8, 4) is 0 Å². The molecule has 0 aromatic carbocycles. The molecular weight excluding hydrogens is 340 g/mol. The fraction of sp³-hybridized carbons (Fsp3) is 0.647. The van der Waals surface area contributed by atoms with E-state index in [1.807, 2.05) is 13.8 Å². The molecule has 2 aromatic heterocycles. The highest BCUT2D eigenvalue weighted by atomic mass is 35.5. The molecule has 1 saturated carbocycles. The average molecular weight is 367 g/mol. The summed E-state index contributed by atoms with van der Waals surface area (Å²) in [6, 6.07) is 0.358. The van der Waals surface area contributed by atoms with E-state index in [0.29, 0.717) is 37.0 Å². The molecule has 0 bridgehead atoms. The topological polar surface area (TPSA) is 98.2 Å². The van der Waals surface area contributed by atoms with E-state index in [0.717, 1.165) is 29.8 Å². The maximum atomic E-state index is 12.2. The lowest BCUT2D eigenvalue weighted by Crippen LogP contribution is -2.36. The Hall–Kier alpha value is -1.73. The van der Waals surface area contributed by atoms with Crippen molar-refractivity contribution in [3.05, 3.63) is 22.8 Å². The third-order valence-electron chi connectivity index (χ3n) is 4.85. The molecule has 0 aliphatic heterocycles. The third-order valence-corrected chi connectivity index (χ3v) is 4.85. The van der Waals surface area contributed by atoms with Gasteiger partial charge in [0.2, 0.25) is 5.91 Å². The van der Waals surface area contributed by atoms with E-state index in [4.69, 9.17) is 5.73 Å². The van der Waals surface area contributed by atoms with Gasteiger partial charge in [0.1, 0.15) is 0 Å². The Labute approximate surface area is 154 Å². The number of nitrogens with two attached hydrogens (primary N) is 1. The first-order valence-electron chi connectivity index (χ1n) is 8.79. The molecule has 2 heterocycles. The number of nitrogens with one attached hydrogen (secondary N) is 1. The smallest absolute Gasteiger partial charge is 0.252 e.